The van der Waals surface area contributed by atoms with Gasteiger partial charge in [0.25, 0.3) is 0 Å². The van der Waals surface area contributed by atoms with Crippen LogP contribution in [0.5, 0.6) is 0 Å². The van der Waals surface area contributed by atoms with Crippen molar-refractivity contribution in [2.45, 2.75) is 56.7 Å². The van der Waals surface area contributed by atoms with Gasteiger partial charge in [0.1, 0.15) is 0 Å². The zero-order valence-corrected chi connectivity index (χ0v) is 22.4. The maximum Gasteiger partial charge on any atom is 0.333 e. The van der Waals surface area contributed by atoms with Crippen LogP contribution in [-0.4, -0.2) is 24.4 Å². The van der Waals surface area contributed by atoms with Crippen molar-refractivity contribution in [3.05, 3.63) is 119 Å². The highest BCUT2D eigenvalue weighted by molar-refractivity contribution is 8.00. The Morgan fingerprint density at radius 2 is 1.33 bits per heavy atom. The van der Waals surface area contributed by atoms with E-state index >= 15 is 0 Å². The fraction of sp³-hybridized carbons (Fsp3) is 0.344. The summed E-state index contributed by atoms with van der Waals surface area (Å²) < 4.78 is 4.92. The number of ether oxygens (including phenoxy) is 1. The highest BCUT2D eigenvalue weighted by Gasteiger charge is 2.37. The molecule has 0 aliphatic rings. The zero-order chi connectivity index (χ0) is 25.6. The number of carbonyl (C=O) groups excluding carboxylic acids is 1. The molecule has 0 aromatic heterocycles. The highest BCUT2D eigenvalue weighted by Crippen LogP contribution is 2.48. The van der Waals surface area contributed by atoms with Crippen molar-refractivity contribution in [2.24, 2.45) is 5.73 Å². The molecule has 4 heteroatoms. The van der Waals surface area contributed by atoms with Crippen molar-refractivity contribution >= 4 is 17.7 Å². The van der Waals surface area contributed by atoms with Gasteiger partial charge in [-0.05, 0) is 36.5 Å². The second-order valence-electron chi connectivity index (χ2n) is 8.98. The van der Waals surface area contributed by atoms with Crippen LogP contribution in [0.1, 0.15) is 62.6 Å². The Balaban J connectivity index is 1.94. The highest BCUT2D eigenvalue weighted by atomic mass is 32.2. The molecule has 0 saturated carbocycles. The van der Waals surface area contributed by atoms with E-state index in [1.807, 2.05) is 43.0 Å². The molecule has 36 heavy (non-hydrogen) atoms. The van der Waals surface area contributed by atoms with Crippen LogP contribution in [0.4, 0.5) is 0 Å². The molecule has 1 atom stereocenters. The molecule has 190 valence electrons. The monoisotopic (exact) mass is 501 g/mol. The summed E-state index contributed by atoms with van der Waals surface area (Å²) in [7, 11) is 0. The average molecular weight is 502 g/mol. The van der Waals surface area contributed by atoms with Gasteiger partial charge in [-0.3, -0.25) is 0 Å². The second-order valence-corrected chi connectivity index (χ2v) is 10.2. The standard InChI is InChI=1S/C32H39NO2S/c1-3-5-6-10-17-26(31(34)35-4-2)24-30(33)25-36-32(27-18-11-7-12-19-27,28-20-13-8-14-21-28)29-22-15-9-16-23-29/h7-9,11-16,18-24,30H,3-6,10,17,25,33H2,1-2H3/b26-24+/t30-/m1/s1. The number of hydrogen-bond donors (Lipinski definition) is 1. The summed E-state index contributed by atoms with van der Waals surface area (Å²) in [5, 5.41) is 0. The van der Waals surface area contributed by atoms with Crippen LogP contribution in [0.2, 0.25) is 0 Å². The first-order valence-electron chi connectivity index (χ1n) is 13.1. The third-order valence-corrected chi connectivity index (χ3v) is 7.98. The summed E-state index contributed by atoms with van der Waals surface area (Å²) in [4.78, 5) is 12.7. The van der Waals surface area contributed by atoms with E-state index in [1.54, 1.807) is 0 Å². The predicted octanol–water partition coefficient (Wildman–Crippen LogP) is 7.50. The third-order valence-electron chi connectivity index (χ3n) is 6.29. The minimum Gasteiger partial charge on any atom is -0.463 e. The van der Waals surface area contributed by atoms with Gasteiger partial charge in [-0.25, -0.2) is 4.79 Å². The van der Waals surface area contributed by atoms with E-state index in [9.17, 15) is 4.79 Å². The van der Waals surface area contributed by atoms with Crippen LogP contribution in [0.15, 0.2) is 103 Å². The topological polar surface area (TPSA) is 52.3 Å². The molecule has 3 rings (SSSR count). The van der Waals surface area contributed by atoms with Crippen LogP contribution in [-0.2, 0) is 14.3 Å². The van der Waals surface area contributed by atoms with Gasteiger partial charge in [-0.1, -0.05) is 123 Å². The summed E-state index contributed by atoms with van der Waals surface area (Å²) in [5.41, 5.74) is 11.0. The van der Waals surface area contributed by atoms with Gasteiger partial charge < -0.3 is 10.5 Å². The lowest BCUT2D eigenvalue weighted by Gasteiger charge is -2.36. The van der Waals surface area contributed by atoms with E-state index in [0.717, 1.165) is 19.3 Å². The molecule has 0 spiro atoms. The summed E-state index contributed by atoms with van der Waals surface area (Å²) >= 11 is 1.81. The summed E-state index contributed by atoms with van der Waals surface area (Å²) in [6, 6.07) is 31.5. The van der Waals surface area contributed by atoms with Gasteiger partial charge in [0.05, 0.1) is 11.4 Å². The van der Waals surface area contributed by atoms with Gasteiger partial charge >= 0.3 is 5.97 Å². The Labute approximate surface area is 221 Å². The molecule has 3 nitrogen and oxygen atoms in total. The van der Waals surface area contributed by atoms with Gasteiger partial charge in [0.2, 0.25) is 0 Å². The molecule has 0 aliphatic carbocycles. The average Bonchev–Trinajstić information content (AvgIpc) is 2.93. The van der Waals surface area contributed by atoms with Crippen molar-refractivity contribution in [3.8, 4) is 0 Å². The van der Waals surface area contributed by atoms with Gasteiger partial charge in [0, 0.05) is 17.4 Å². The number of rotatable bonds is 14. The Bertz CT molecular complexity index is 970. The molecule has 0 bridgehead atoms. The third kappa shape index (κ3) is 7.35. The number of nitrogens with two attached hydrogens (primary N) is 1. The van der Waals surface area contributed by atoms with E-state index in [4.69, 9.17) is 10.5 Å². The Kier molecular flexibility index (Phi) is 11.3. The van der Waals surface area contributed by atoms with E-state index < -0.39 is 4.75 Å². The second kappa shape index (κ2) is 14.7. The number of benzene rings is 3. The number of hydrogen-bond acceptors (Lipinski definition) is 4. The van der Waals surface area contributed by atoms with E-state index in [2.05, 4.69) is 79.7 Å². The predicted molar refractivity (Wildman–Crippen MR) is 153 cm³/mol. The molecule has 0 amide bonds. The molecule has 0 fully saturated rings. The van der Waals surface area contributed by atoms with E-state index in [-0.39, 0.29) is 12.0 Å². The normalized spacial score (nSPS) is 12.8. The number of unbranched alkanes of at least 4 members (excludes halogenated alkanes) is 3. The van der Waals surface area contributed by atoms with Crippen LogP contribution < -0.4 is 5.73 Å². The van der Waals surface area contributed by atoms with Gasteiger partial charge in [0.15, 0.2) is 0 Å². The largest absolute Gasteiger partial charge is 0.463 e. The van der Waals surface area contributed by atoms with Crippen LogP contribution in [0.25, 0.3) is 0 Å². The summed E-state index contributed by atoms with van der Waals surface area (Å²) in [6.07, 6.45) is 7.05. The lowest BCUT2D eigenvalue weighted by Crippen LogP contribution is -2.30. The van der Waals surface area contributed by atoms with Crippen molar-refractivity contribution in [2.75, 3.05) is 12.4 Å². The molecule has 0 aliphatic heterocycles. The fourth-order valence-electron chi connectivity index (χ4n) is 4.52. The number of esters is 1. The molecule has 3 aromatic rings. The Morgan fingerprint density at radius 1 is 0.833 bits per heavy atom. The summed E-state index contributed by atoms with van der Waals surface area (Å²) in [5.74, 6) is 0.409. The van der Waals surface area contributed by atoms with Crippen LogP contribution in [0.3, 0.4) is 0 Å². The van der Waals surface area contributed by atoms with Crippen molar-refractivity contribution in [3.63, 3.8) is 0 Å². The Hall–Kier alpha value is -2.82. The van der Waals surface area contributed by atoms with E-state index in [0.29, 0.717) is 24.4 Å². The SMILES string of the molecule is CCCCCC/C(=C\[C@@H](N)CSC(c1ccccc1)(c1ccccc1)c1ccccc1)C(=O)OCC. The zero-order valence-electron chi connectivity index (χ0n) is 21.6. The molecular formula is C32H39NO2S. The maximum atomic E-state index is 12.7. The number of carbonyl (C=O) groups is 1. The Morgan fingerprint density at radius 3 is 1.78 bits per heavy atom. The molecule has 0 radical (unpaired) electrons. The van der Waals surface area contributed by atoms with Gasteiger partial charge in [-0.15, -0.1) is 11.8 Å². The molecule has 0 unspecified atom stereocenters. The first-order chi connectivity index (χ1) is 17.6. The lowest BCUT2D eigenvalue weighted by atomic mass is 9.84. The smallest absolute Gasteiger partial charge is 0.333 e. The first kappa shape index (κ1) is 27.8. The maximum absolute atomic E-state index is 12.7. The molecular weight excluding hydrogens is 462 g/mol. The van der Waals surface area contributed by atoms with Crippen molar-refractivity contribution in [1.82, 2.24) is 0 Å². The van der Waals surface area contributed by atoms with Crippen molar-refractivity contribution < 1.29 is 9.53 Å². The van der Waals surface area contributed by atoms with E-state index in [1.165, 1.54) is 23.1 Å². The van der Waals surface area contributed by atoms with Crippen molar-refractivity contribution in [1.29, 1.82) is 0 Å². The summed E-state index contributed by atoms with van der Waals surface area (Å²) in [6.45, 7) is 4.40. The molecule has 0 heterocycles. The van der Waals surface area contributed by atoms with Gasteiger partial charge in [-0.2, -0.15) is 0 Å². The quantitative estimate of drug-likeness (QED) is 0.108. The minimum absolute atomic E-state index is 0.241. The molecule has 3 aromatic carbocycles. The van der Waals surface area contributed by atoms with Crippen LogP contribution in [0, 0.1) is 0 Å². The lowest BCUT2D eigenvalue weighted by molar-refractivity contribution is -0.138. The molecule has 2 N–H and O–H groups in total. The number of thioether (sulfide) groups is 1. The fourth-order valence-corrected chi connectivity index (χ4v) is 5.96. The molecule has 0 saturated heterocycles. The first-order valence-corrected chi connectivity index (χ1v) is 14.0. The van der Waals surface area contributed by atoms with Crippen LogP contribution >= 0.6 is 11.8 Å². The minimum atomic E-state index is -0.430.